The summed E-state index contributed by atoms with van der Waals surface area (Å²) in [4.78, 5) is 12.1. The van der Waals surface area contributed by atoms with Crippen molar-refractivity contribution in [2.75, 3.05) is 18.2 Å². The average Bonchev–Trinajstić information content (AvgIpc) is 2.67. The van der Waals surface area contributed by atoms with Crippen LogP contribution in [0.5, 0.6) is 5.75 Å². The van der Waals surface area contributed by atoms with Crippen molar-refractivity contribution in [1.29, 1.82) is 0 Å². The highest BCUT2D eigenvalue weighted by molar-refractivity contribution is 7.99. The maximum absolute atomic E-state index is 12.1. The van der Waals surface area contributed by atoms with Crippen LogP contribution in [-0.2, 0) is 4.79 Å². The van der Waals surface area contributed by atoms with Gasteiger partial charge in [-0.3, -0.25) is 4.79 Å². The van der Waals surface area contributed by atoms with E-state index in [4.69, 9.17) is 16.3 Å². The summed E-state index contributed by atoms with van der Waals surface area (Å²) in [5.41, 5.74) is 2.39. The van der Waals surface area contributed by atoms with Crippen molar-refractivity contribution in [3.8, 4) is 17.0 Å². The van der Waals surface area contributed by atoms with E-state index in [2.05, 4.69) is 15.5 Å². The number of rotatable bonds is 6. The van der Waals surface area contributed by atoms with E-state index in [1.807, 2.05) is 54.6 Å². The third-order valence-corrected chi connectivity index (χ3v) is 4.66. The predicted octanol–water partition coefficient (Wildman–Crippen LogP) is 4.54. The highest BCUT2D eigenvalue weighted by Crippen LogP contribution is 2.22. The van der Waals surface area contributed by atoms with Gasteiger partial charge in [-0.25, -0.2) is 0 Å². The molecule has 0 saturated carbocycles. The number of anilines is 1. The number of hydrogen-bond donors (Lipinski definition) is 1. The number of carbonyl (C=O) groups is 1. The van der Waals surface area contributed by atoms with E-state index in [0.29, 0.717) is 21.5 Å². The van der Waals surface area contributed by atoms with Gasteiger partial charge in [0.1, 0.15) is 10.8 Å². The van der Waals surface area contributed by atoms with Crippen LogP contribution in [0.3, 0.4) is 0 Å². The molecule has 0 aliphatic heterocycles. The molecule has 0 aliphatic rings. The van der Waals surface area contributed by atoms with Crippen molar-refractivity contribution in [2.24, 2.45) is 0 Å². The second-order valence-corrected chi connectivity index (χ2v) is 6.76. The largest absolute Gasteiger partial charge is 0.497 e. The number of amides is 1. The van der Waals surface area contributed by atoms with E-state index < -0.39 is 0 Å². The van der Waals surface area contributed by atoms with Crippen LogP contribution >= 0.6 is 23.4 Å². The van der Waals surface area contributed by atoms with Gasteiger partial charge in [0.2, 0.25) is 5.91 Å². The molecule has 0 atom stereocenters. The Bertz CT molecular complexity index is 886. The number of aromatic nitrogens is 2. The van der Waals surface area contributed by atoms with Crippen LogP contribution in [0.2, 0.25) is 5.02 Å². The smallest absolute Gasteiger partial charge is 0.234 e. The quantitative estimate of drug-likeness (QED) is 0.631. The molecule has 0 unspecified atom stereocenters. The van der Waals surface area contributed by atoms with Crippen LogP contribution in [0.15, 0.2) is 65.7 Å². The Kier molecular flexibility index (Phi) is 6.09. The number of nitrogens with one attached hydrogen (secondary N) is 1. The summed E-state index contributed by atoms with van der Waals surface area (Å²) in [6.45, 7) is 0. The van der Waals surface area contributed by atoms with E-state index in [-0.39, 0.29) is 11.7 Å². The molecule has 7 heteroatoms. The van der Waals surface area contributed by atoms with Crippen LogP contribution in [0.4, 0.5) is 5.69 Å². The molecular formula is C19H16ClN3O2S. The van der Waals surface area contributed by atoms with Gasteiger partial charge in [0.25, 0.3) is 0 Å². The standard InChI is InChI=1S/C19H16ClN3O2S/c1-25-16-4-2-3-15(11-16)21-18(24)12-26-19-10-9-17(22-23-19)13-5-7-14(20)8-6-13/h2-11H,12H2,1H3,(H,21,24). The second kappa shape index (κ2) is 8.69. The third-order valence-electron chi connectivity index (χ3n) is 3.48. The molecule has 2 aromatic carbocycles. The third kappa shape index (κ3) is 4.97. The predicted molar refractivity (Wildman–Crippen MR) is 105 cm³/mol. The minimum absolute atomic E-state index is 0.119. The fourth-order valence-electron chi connectivity index (χ4n) is 2.21. The van der Waals surface area contributed by atoms with Gasteiger partial charge in [-0.2, -0.15) is 0 Å². The number of methoxy groups -OCH3 is 1. The van der Waals surface area contributed by atoms with E-state index in [9.17, 15) is 4.79 Å². The zero-order valence-corrected chi connectivity index (χ0v) is 15.6. The Labute approximate surface area is 160 Å². The first kappa shape index (κ1) is 18.2. The molecule has 3 aromatic rings. The number of carbonyl (C=O) groups excluding carboxylic acids is 1. The van der Waals surface area contributed by atoms with E-state index in [1.165, 1.54) is 11.8 Å². The molecule has 0 spiro atoms. The van der Waals surface area contributed by atoms with Crippen LogP contribution in [-0.4, -0.2) is 29.0 Å². The van der Waals surface area contributed by atoms with Crippen molar-refractivity contribution in [3.63, 3.8) is 0 Å². The zero-order valence-electron chi connectivity index (χ0n) is 14.0. The number of benzene rings is 2. The van der Waals surface area contributed by atoms with Gasteiger partial charge in [0.15, 0.2) is 0 Å². The highest BCUT2D eigenvalue weighted by atomic mass is 35.5. The van der Waals surface area contributed by atoms with Crippen LogP contribution in [0.1, 0.15) is 0 Å². The van der Waals surface area contributed by atoms with Gasteiger partial charge >= 0.3 is 0 Å². The normalized spacial score (nSPS) is 10.4. The first-order valence-electron chi connectivity index (χ1n) is 7.80. The molecule has 1 N–H and O–H groups in total. The van der Waals surface area contributed by atoms with Gasteiger partial charge in [-0.1, -0.05) is 41.6 Å². The van der Waals surface area contributed by atoms with Gasteiger partial charge in [-0.05, 0) is 36.4 Å². The lowest BCUT2D eigenvalue weighted by molar-refractivity contribution is -0.113. The van der Waals surface area contributed by atoms with Gasteiger partial charge < -0.3 is 10.1 Å². The molecule has 0 aliphatic carbocycles. The number of hydrogen-bond acceptors (Lipinski definition) is 5. The van der Waals surface area contributed by atoms with Gasteiger partial charge in [-0.15, -0.1) is 10.2 Å². The van der Waals surface area contributed by atoms with E-state index >= 15 is 0 Å². The number of ether oxygens (including phenoxy) is 1. The summed E-state index contributed by atoms with van der Waals surface area (Å²) < 4.78 is 5.14. The Balaban J connectivity index is 1.55. The first-order chi connectivity index (χ1) is 12.6. The van der Waals surface area contributed by atoms with Crippen molar-refractivity contribution in [2.45, 2.75) is 5.03 Å². The van der Waals surface area contributed by atoms with Crippen LogP contribution in [0.25, 0.3) is 11.3 Å². The second-order valence-electron chi connectivity index (χ2n) is 5.33. The average molecular weight is 386 g/mol. The molecule has 1 aromatic heterocycles. The number of halogens is 1. The molecule has 0 bridgehead atoms. The lowest BCUT2D eigenvalue weighted by Crippen LogP contribution is -2.14. The minimum Gasteiger partial charge on any atom is -0.497 e. The van der Waals surface area contributed by atoms with Crippen molar-refractivity contribution in [3.05, 3.63) is 65.7 Å². The zero-order chi connectivity index (χ0) is 18.4. The minimum atomic E-state index is -0.119. The summed E-state index contributed by atoms with van der Waals surface area (Å²) in [5.74, 6) is 0.817. The Hall–Kier alpha value is -2.57. The lowest BCUT2D eigenvalue weighted by Gasteiger charge is -2.07. The molecule has 5 nitrogen and oxygen atoms in total. The van der Waals surface area contributed by atoms with Gasteiger partial charge in [0, 0.05) is 22.3 Å². The highest BCUT2D eigenvalue weighted by Gasteiger charge is 2.07. The Morgan fingerprint density at radius 1 is 1.12 bits per heavy atom. The fraction of sp³-hybridized carbons (Fsp3) is 0.105. The number of nitrogens with zero attached hydrogens (tertiary/aromatic N) is 2. The topological polar surface area (TPSA) is 64.1 Å². The summed E-state index contributed by atoms with van der Waals surface area (Å²) in [6.07, 6.45) is 0. The maximum atomic E-state index is 12.1. The van der Waals surface area contributed by atoms with Crippen molar-refractivity contribution in [1.82, 2.24) is 10.2 Å². The number of thioether (sulfide) groups is 1. The SMILES string of the molecule is COc1cccc(NC(=O)CSc2ccc(-c3ccc(Cl)cc3)nn2)c1. The molecule has 0 radical (unpaired) electrons. The summed E-state index contributed by atoms with van der Waals surface area (Å²) in [7, 11) is 1.59. The lowest BCUT2D eigenvalue weighted by atomic mass is 10.1. The van der Waals surface area contributed by atoms with Crippen LogP contribution in [0, 0.1) is 0 Å². The molecule has 3 rings (SSSR count). The van der Waals surface area contributed by atoms with Crippen molar-refractivity contribution < 1.29 is 9.53 Å². The Morgan fingerprint density at radius 2 is 1.92 bits per heavy atom. The Morgan fingerprint density at radius 3 is 2.62 bits per heavy atom. The maximum Gasteiger partial charge on any atom is 0.234 e. The van der Waals surface area contributed by atoms with Gasteiger partial charge in [0.05, 0.1) is 18.6 Å². The van der Waals surface area contributed by atoms with Crippen molar-refractivity contribution >= 4 is 35.0 Å². The molecular weight excluding hydrogens is 370 g/mol. The molecule has 0 fully saturated rings. The molecule has 132 valence electrons. The van der Waals surface area contributed by atoms with E-state index in [1.54, 1.807) is 13.2 Å². The van der Waals surface area contributed by atoms with E-state index in [0.717, 1.165) is 11.3 Å². The summed E-state index contributed by atoms with van der Waals surface area (Å²) >= 11 is 7.21. The molecule has 26 heavy (non-hydrogen) atoms. The fourth-order valence-corrected chi connectivity index (χ4v) is 2.95. The molecule has 0 saturated heterocycles. The molecule has 1 amide bonds. The molecule has 1 heterocycles. The first-order valence-corrected chi connectivity index (χ1v) is 9.17. The monoisotopic (exact) mass is 385 g/mol. The van der Waals surface area contributed by atoms with Crippen LogP contribution < -0.4 is 10.1 Å². The summed E-state index contributed by atoms with van der Waals surface area (Å²) in [6, 6.07) is 18.3. The summed E-state index contributed by atoms with van der Waals surface area (Å²) in [5, 5.41) is 12.6.